The molecule has 2 N–H and O–H groups in total. The third-order valence-electron chi connectivity index (χ3n) is 4.34. The van der Waals surface area contributed by atoms with E-state index in [0.29, 0.717) is 11.3 Å². The van der Waals surface area contributed by atoms with E-state index in [2.05, 4.69) is 0 Å². The van der Waals surface area contributed by atoms with Crippen LogP contribution in [0.15, 0.2) is 36.4 Å². The Morgan fingerprint density at radius 1 is 1.08 bits per heavy atom. The number of rotatable bonds is 5. The van der Waals surface area contributed by atoms with Crippen LogP contribution >= 0.6 is 11.6 Å². The van der Waals surface area contributed by atoms with Crippen LogP contribution in [0.4, 0.5) is 0 Å². The summed E-state index contributed by atoms with van der Waals surface area (Å²) in [6, 6.07) is 10.6. The lowest BCUT2D eigenvalue weighted by Gasteiger charge is -2.31. The number of ether oxygens (including phenoxy) is 3. The molecule has 0 aliphatic carbocycles. The molecule has 1 aliphatic rings. The van der Waals surface area contributed by atoms with Gasteiger partial charge in [0.05, 0.1) is 12.5 Å². The summed E-state index contributed by atoms with van der Waals surface area (Å²) in [6.07, 6.45) is -3.33. The zero-order valence-corrected chi connectivity index (χ0v) is 14.8. The highest BCUT2D eigenvalue weighted by atomic mass is 35.5. The van der Waals surface area contributed by atoms with Crippen LogP contribution in [-0.2, 0) is 24.8 Å². The van der Waals surface area contributed by atoms with Gasteiger partial charge in [-0.2, -0.15) is 0 Å². The summed E-state index contributed by atoms with van der Waals surface area (Å²) in [4.78, 5) is 22.8. The third kappa shape index (κ3) is 2.98. The van der Waals surface area contributed by atoms with Gasteiger partial charge in [-0.3, -0.25) is 0 Å². The van der Waals surface area contributed by atoms with Crippen molar-refractivity contribution >= 4 is 34.3 Å². The van der Waals surface area contributed by atoms with Crippen LogP contribution in [0.5, 0.6) is 5.75 Å². The summed E-state index contributed by atoms with van der Waals surface area (Å²) in [5.41, 5.74) is 0.438. The highest BCUT2D eigenvalue weighted by Crippen LogP contribution is 2.43. The maximum atomic E-state index is 11.4. The van der Waals surface area contributed by atoms with Crippen molar-refractivity contribution in [2.24, 2.45) is 0 Å². The van der Waals surface area contributed by atoms with Gasteiger partial charge in [-0.05, 0) is 35.9 Å². The minimum absolute atomic E-state index is 0.438. The van der Waals surface area contributed by atoms with E-state index >= 15 is 0 Å². The predicted molar refractivity (Wildman–Crippen MR) is 92.5 cm³/mol. The lowest BCUT2D eigenvalue weighted by molar-refractivity contribution is -0.193. The van der Waals surface area contributed by atoms with E-state index in [1.807, 2.05) is 12.1 Å². The second-order valence-corrected chi connectivity index (χ2v) is 6.62. The molecule has 1 saturated heterocycles. The fourth-order valence-corrected chi connectivity index (χ4v) is 3.24. The molecule has 2 aromatic rings. The number of methoxy groups -OCH3 is 1. The molecule has 1 aliphatic heterocycles. The maximum Gasteiger partial charge on any atom is 0.336 e. The van der Waals surface area contributed by atoms with Crippen molar-refractivity contribution in [3.05, 3.63) is 42.0 Å². The van der Waals surface area contributed by atoms with Gasteiger partial charge < -0.3 is 24.4 Å². The summed E-state index contributed by atoms with van der Waals surface area (Å²) in [5, 5.41) is 19.5. The van der Waals surface area contributed by atoms with Crippen molar-refractivity contribution in [2.75, 3.05) is 7.11 Å². The first-order chi connectivity index (χ1) is 12.3. The highest BCUT2D eigenvalue weighted by Gasteiger charge is 2.57. The monoisotopic (exact) mass is 380 g/mol. The van der Waals surface area contributed by atoms with E-state index in [0.717, 1.165) is 10.8 Å². The maximum absolute atomic E-state index is 11.4. The van der Waals surface area contributed by atoms with Gasteiger partial charge in [0.1, 0.15) is 5.75 Å². The van der Waals surface area contributed by atoms with Crippen LogP contribution < -0.4 is 4.74 Å². The molecule has 0 bridgehead atoms. The normalized spacial score (nSPS) is 22.9. The first-order valence-electron chi connectivity index (χ1n) is 7.82. The second-order valence-electron chi connectivity index (χ2n) is 5.96. The average molecular weight is 381 g/mol. The molecular formula is C18H17ClO7. The van der Waals surface area contributed by atoms with E-state index in [9.17, 15) is 19.8 Å². The molecule has 2 aromatic carbocycles. The Kier molecular flexibility index (Phi) is 4.79. The lowest BCUT2D eigenvalue weighted by Crippen LogP contribution is -2.37. The van der Waals surface area contributed by atoms with Gasteiger partial charge in [-0.25, -0.2) is 9.59 Å². The Labute approximate surface area is 154 Å². The molecule has 3 atom stereocenters. The molecule has 1 fully saturated rings. The molecule has 1 heterocycles. The molecule has 138 valence electrons. The van der Waals surface area contributed by atoms with Crippen molar-refractivity contribution in [3.8, 4) is 5.75 Å². The molecule has 7 nitrogen and oxygen atoms in total. The first-order valence-corrected chi connectivity index (χ1v) is 8.25. The van der Waals surface area contributed by atoms with Crippen LogP contribution in [-0.4, -0.2) is 46.8 Å². The van der Waals surface area contributed by atoms with E-state index < -0.39 is 35.3 Å². The van der Waals surface area contributed by atoms with Gasteiger partial charge in [0.25, 0.3) is 0 Å². The summed E-state index contributed by atoms with van der Waals surface area (Å²) in [7, 11) is 1.57. The molecule has 26 heavy (non-hydrogen) atoms. The number of halogens is 1. The fourth-order valence-electron chi connectivity index (χ4n) is 3.01. The van der Waals surface area contributed by atoms with Crippen molar-refractivity contribution in [3.63, 3.8) is 0 Å². The Hall–Kier alpha value is -2.35. The number of hydrogen-bond acceptors (Lipinski definition) is 5. The zero-order chi connectivity index (χ0) is 19.1. The summed E-state index contributed by atoms with van der Waals surface area (Å²) >= 11 is 6.26. The quantitative estimate of drug-likeness (QED) is 0.768. The molecule has 3 rings (SSSR count). The van der Waals surface area contributed by atoms with Crippen LogP contribution in [0.1, 0.15) is 12.5 Å². The van der Waals surface area contributed by atoms with Gasteiger partial charge in [0, 0.05) is 5.56 Å². The molecule has 1 unspecified atom stereocenters. The third-order valence-corrected chi connectivity index (χ3v) is 4.63. The van der Waals surface area contributed by atoms with Gasteiger partial charge in [-0.1, -0.05) is 18.2 Å². The molecule has 0 aromatic heterocycles. The van der Waals surface area contributed by atoms with Crippen LogP contribution in [0.25, 0.3) is 10.8 Å². The SMILES string of the molecule is COc1ccc2cc(C3(C(C)Cl)O[C@@H](C(=O)O)[C@H](C(=O)O)O3)ccc2c1. The highest BCUT2D eigenvalue weighted by molar-refractivity contribution is 6.21. The number of carboxylic acids is 2. The molecule has 8 heteroatoms. The first kappa shape index (κ1) is 18.4. The van der Waals surface area contributed by atoms with Crippen molar-refractivity contribution < 1.29 is 34.0 Å². The number of carbonyl (C=O) groups is 2. The van der Waals surface area contributed by atoms with Crippen molar-refractivity contribution in [2.45, 2.75) is 30.3 Å². The molecule has 0 spiro atoms. The van der Waals surface area contributed by atoms with Gasteiger partial charge in [0.15, 0.2) is 12.2 Å². The Morgan fingerprint density at radius 2 is 1.62 bits per heavy atom. The minimum atomic E-state index is -1.69. The number of fused-ring (bicyclic) bond motifs is 1. The van der Waals surface area contributed by atoms with Crippen LogP contribution in [0.2, 0.25) is 0 Å². The van der Waals surface area contributed by atoms with Crippen LogP contribution in [0, 0.1) is 0 Å². The van der Waals surface area contributed by atoms with E-state index in [4.69, 9.17) is 25.8 Å². The molecule has 0 saturated carbocycles. The summed E-state index contributed by atoms with van der Waals surface area (Å²) in [5.74, 6) is -3.86. The summed E-state index contributed by atoms with van der Waals surface area (Å²) in [6.45, 7) is 1.56. The molecule has 0 amide bonds. The minimum Gasteiger partial charge on any atom is -0.497 e. The second kappa shape index (κ2) is 6.75. The number of alkyl halides is 1. The number of hydrogen-bond donors (Lipinski definition) is 2. The van der Waals surface area contributed by atoms with Crippen LogP contribution in [0.3, 0.4) is 0 Å². The zero-order valence-electron chi connectivity index (χ0n) is 14.0. The Bertz CT molecular complexity index is 842. The fraction of sp³-hybridized carbons (Fsp3) is 0.333. The van der Waals surface area contributed by atoms with Gasteiger partial charge in [-0.15, -0.1) is 11.6 Å². The smallest absolute Gasteiger partial charge is 0.336 e. The Balaban J connectivity index is 2.09. The average Bonchev–Trinajstić information content (AvgIpc) is 3.03. The van der Waals surface area contributed by atoms with Crippen molar-refractivity contribution in [1.29, 1.82) is 0 Å². The topological polar surface area (TPSA) is 102 Å². The predicted octanol–water partition coefficient (Wildman–Crippen LogP) is 2.58. The van der Waals surface area contributed by atoms with Gasteiger partial charge >= 0.3 is 11.9 Å². The lowest BCUT2D eigenvalue weighted by atomic mass is 9.98. The standard InChI is InChI=1S/C18H17ClO7/c1-9(19)18(25-14(16(20)21)15(26-18)17(22)23)12-5-3-11-8-13(24-2)6-4-10(11)7-12/h3-9,14-15H,1-2H3,(H,20,21)(H,22,23)/t9?,14-,15-/m1/s1. The largest absolute Gasteiger partial charge is 0.497 e. The van der Waals surface area contributed by atoms with Gasteiger partial charge in [0.2, 0.25) is 5.79 Å². The Morgan fingerprint density at radius 3 is 2.12 bits per heavy atom. The number of aliphatic carboxylic acids is 2. The van der Waals surface area contributed by atoms with E-state index in [1.54, 1.807) is 38.3 Å². The number of carboxylic acid groups (broad SMARTS) is 2. The summed E-state index contributed by atoms with van der Waals surface area (Å²) < 4.78 is 16.3. The molecule has 0 radical (unpaired) electrons. The van der Waals surface area contributed by atoms with Crippen molar-refractivity contribution in [1.82, 2.24) is 0 Å². The van der Waals surface area contributed by atoms with E-state index in [1.165, 1.54) is 0 Å². The molecular weight excluding hydrogens is 364 g/mol. The number of benzene rings is 2. The van der Waals surface area contributed by atoms with E-state index in [-0.39, 0.29) is 0 Å².